The molecule has 0 saturated carbocycles. The van der Waals surface area contributed by atoms with Gasteiger partial charge in [-0.05, 0) is 55.5 Å². The monoisotopic (exact) mass is 531 g/mol. The van der Waals surface area contributed by atoms with Gasteiger partial charge in [-0.25, -0.2) is 4.79 Å². The minimum Gasteiger partial charge on any atom is -0.462 e. The highest BCUT2D eigenvalue weighted by molar-refractivity contribution is 9.10. The number of carbonyl (C=O) groups excluding carboxylic acids is 5. The molecule has 10 nitrogen and oxygen atoms in total. The summed E-state index contributed by atoms with van der Waals surface area (Å²) in [5, 5.41) is 3.62. The molecule has 0 radical (unpaired) electrons. The van der Waals surface area contributed by atoms with Crippen LogP contribution in [0, 0.1) is 5.92 Å². The van der Waals surface area contributed by atoms with Crippen LogP contribution in [0.25, 0.3) is 0 Å². The zero-order chi connectivity index (χ0) is 24.7. The van der Waals surface area contributed by atoms with Gasteiger partial charge in [-0.1, -0.05) is 15.9 Å². The van der Waals surface area contributed by atoms with Gasteiger partial charge in [0.2, 0.25) is 5.91 Å². The van der Waals surface area contributed by atoms with Crippen LogP contribution < -0.4 is 10.7 Å². The number of benzene rings is 2. The van der Waals surface area contributed by atoms with Gasteiger partial charge >= 0.3 is 11.9 Å². The van der Waals surface area contributed by atoms with E-state index in [4.69, 9.17) is 9.47 Å². The average molecular weight is 532 g/mol. The van der Waals surface area contributed by atoms with Crippen LogP contribution in [0.4, 0.5) is 5.69 Å². The molecule has 0 aliphatic carbocycles. The molecule has 1 aliphatic heterocycles. The minimum atomic E-state index is -0.811. The van der Waals surface area contributed by atoms with Crippen molar-refractivity contribution in [2.75, 3.05) is 25.1 Å². The van der Waals surface area contributed by atoms with Crippen molar-refractivity contribution >= 4 is 51.3 Å². The largest absolute Gasteiger partial charge is 0.462 e. The second-order valence-electron chi connectivity index (χ2n) is 7.31. The molecule has 2 aromatic rings. The lowest BCUT2D eigenvalue weighted by Gasteiger charge is -2.17. The van der Waals surface area contributed by atoms with Crippen molar-refractivity contribution in [3.8, 4) is 0 Å². The fraction of sp³-hybridized carbons (Fsp3) is 0.261. The fourth-order valence-electron chi connectivity index (χ4n) is 3.12. The zero-order valence-corrected chi connectivity index (χ0v) is 19.8. The quantitative estimate of drug-likeness (QED) is 0.499. The van der Waals surface area contributed by atoms with Crippen LogP contribution in [0.5, 0.6) is 0 Å². The van der Waals surface area contributed by atoms with E-state index in [1.54, 1.807) is 31.2 Å². The summed E-state index contributed by atoms with van der Waals surface area (Å²) in [7, 11) is 0. The Bertz CT molecular complexity index is 1090. The molecule has 2 N–H and O–H groups in total. The highest BCUT2D eigenvalue weighted by Gasteiger charge is 2.36. The van der Waals surface area contributed by atoms with Gasteiger partial charge in [0.05, 0.1) is 24.6 Å². The number of rotatable bonds is 8. The Morgan fingerprint density at radius 3 is 2.29 bits per heavy atom. The standard InChI is InChI=1S/C23H22BrN3O7/c1-2-33-22(31)15-5-9-18(10-6-15)25-19(28)13-34-23(32)16-11-20(29)27(12-16)26-21(30)14-3-7-17(24)8-4-14/h3-10,16H,2,11-13H2,1H3,(H,25,28)(H,26,30)/t16-/m0/s1. The maximum absolute atomic E-state index is 12.3. The topological polar surface area (TPSA) is 131 Å². The van der Waals surface area contributed by atoms with Crippen molar-refractivity contribution in [1.29, 1.82) is 0 Å². The van der Waals surface area contributed by atoms with E-state index in [0.717, 1.165) is 9.48 Å². The third-order valence-electron chi connectivity index (χ3n) is 4.83. The lowest BCUT2D eigenvalue weighted by Crippen LogP contribution is -2.43. The third kappa shape index (κ3) is 6.64. The normalized spacial score (nSPS) is 14.9. The Morgan fingerprint density at radius 2 is 1.65 bits per heavy atom. The van der Waals surface area contributed by atoms with Crippen LogP contribution in [0.2, 0.25) is 0 Å². The average Bonchev–Trinajstić information content (AvgIpc) is 3.18. The van der Waals surface area contributed by atoms with Crippen LogP contribution in [-0.4, -0.2) is 54.4 Å². The van der Waals surface area contributed by atoms with E-state index in [9.17, 15) is 24.0 Å². The van der Waals surface area contributed by atoms with Crippen molar-refractivity contribution in [2.24, 2.45) is 5.92 Å². The second kappa shape index (κ2) is 11.4. The molecule has 178 valence electrons. The number of hydrogen-bond donors (Lipinski definition) is 2. The molecule has 1 fully saturated rings. The van der Waals surface area contributed by atoms with E-state index in [-0.39, 0.29) is 19.6 Å². The Hall–Kier alpha value is -3.73. The van der Waals surface area contributed by atoms with E-state index in [1.807, 2.05) is 0 Å². The second-order valence-corrected chi connectivity index (χ2v) is 8.22. The number of hydrogen-bond acceptors (Lipinski definition) is 7. The highest BCUT2D eigenvalue weighted by atomic mass is 79.9. The number of halogens is 1. The first-order valence-corrected chi connectivity index (χ1v) is 11.2. The number of nitrogens with one attached hydrogen (secondary N) is 2. The molecule has 3 rings (SSSR count). The van der Waals surface area contributed by atoms with Gasteiger partial charge in [0.15, 0.2) is 6.61 Å². The SMILES string of the molecule is CCOC(=O)c1ccc(NC(=O)COC(=O)[C@H]2CC(=O)N(NC(=O)c3ccc(Br)cc3)C2)cc1. The molecular weight excluding hydrogens is 510 g/mol. The smallest absolute Gasteiger partial charge is 0.338 e. The summed E-state index contributed by atoms with van der Waals surface area (Å²) in [5.41, 5.74) is 3.58. The predicted molar refractivity (Wildman–Crippen MR) is 123 cm³/mol. The molecule has 0 bridgehead atoms. The molecule has 0 spiro atoms. The number of carbonyl (C=O) groups is 5. The fourth-order valence-corrected chi connectivity index (χ4v) is 3.38. The van der Waals surface area contributed by atoms with Gasteiger partial charge in [-0.2, -0.15) is 0 Å². The molecular formula is C23H22BrN3O7. The predicted octanol–water partition coefficient (Wildman–Crippen LogP) is 2.30. The lowest BCUT2D eigenvalue weighted by atomic mass is 10.1. The van der Waals surface area contributed by atoms with Gasteiger partial charge in [0.25, 0.3) is 11.8 Å². The number of esters is 2. The summed E-state index contributed by atoms with van der Waals surface area (Å²) >= 11 is 3.28. The van der Waals surface area contributed by atoms with Gasteiger partial charge in [0.1, 0.15) is 0 Å². The van der Waals surface area contributed by atoms with Crippen LogP contribution in [0.3, 0.4) is 0 Å². The summed E-state index contributed by atoms with van der Waals surface area (Å²) in [6, 6.07) is 12.6. The van der Waals surface area contributed by atoms with Crippen LogP contribution in [0.15, 0.2) is 53.0 Å². The highest BCUT2D eigenvalue weighted by Crippen LogP contribution is 2.18. The van der Waals surface area contributed by atoms with Crippen molar-refractivity contribution in [2.45, 2.75) is 13.3 Å². The number of anilines is 1. The zero-order valence-electron chi connectivity index (χ0n) is 18.2. The van der Waals surface area contributed by atoms with Crippen molar-refractivity contribution in [3.63, 3.8) is 0 Å². The Labute approximate surface area is 203 Å². The number of amides is 3. The van der Waals surface area contributed by atoms with Gasteiger partial charge in [0, 0.05) is 22.1 Å². The lowest BCUT2D eigenvalue weighted by molar-refractivity contribution is -0.151. The summed E-state index contributed by atoms with van der Waals surface area (Å²) in [6.45, 7) is 1.35. The number of nitrogens with zero attached hydrogens (tertiary/aromatic N) is 1. The number of hydrazine groups is 1. The van der Waals surface area contributed by atoms with Gasteiger partial charge in [-0.15, -0.1) is 0 Å². The molecule has 0 unspecified atom stereocenters. The van der Waals surface area contributed by atoms with E-state index in [1.165, 1.54) is 24.3 Å². The molecule has 2 aromatic carbocycles. The Morgan fingerprint density at radius 1 is 1.00 bits per heavy atom. The molecule has 1 heterocycles. The first-order chi connectivity index (χ1) is 16.3. The third-order valence-corrected chi connectivity index (χ3v) is 5.36. The molecule has 34 heavy (non-hydrogen) atoms. The van der Waals surface area contributed by atoms with Crippen molar-refractivity contribution < 1.29 is 33.4 Å². The van der Waals surface area contributed by atoms with E-state index < -0.39 is 42.2 Å². The molecule has 1 aliphatic rings. The van der Waals surface area contributed by atoms with Crippen LogP contribution in [-0.2, 0) is 23.9 Å². The summed E-state index contributed by atoms with van der Waals surface area (Å²) in [6.07, 6.45) is -0.142. The van der Waals surface area contributed by atoms with E-state index >= 15 is 0 Å². The Balaban J connectivity index is 1.45. The summed E-state index contributed by atoms with van der Waals surface area (Å²) in [5.74, 6) is -3.50. The van der Waals surface area contributed by atoms with E-state index in [0.29, 0.717) is 16.8 Å². The van der Waals surface area contributed by atoms with Crippen molar-refractivity contribution in [1.82, 2.24) is 10.4 Å². The molecule has 1 atom stereocenters. The first kappa shape index (κ1) is 24.9. The Kier molecular flexibility index (Phi) is 8.36. The molecule has 1 saturated heterocycles. The maximum Gasteiger partial charge on any atom is 0.338 e. The van der Waals surface area contributed by atoms with Gasteiger partial charge in [-0.3, -0.25) is 29.6 Å². The summed E-state index contributed by atoms with van der Waals surface area (Å²) in [4.78, 5) is 60.5. The van der Waals surface area contributed by atoms with E-state index in [2.05, 4.69) is 26.7 Å². The molecule has 11 heteroatoms. The van der Waals surface area contributed by atoms with Crippen LogP contribution in [0.1, 0.15) is 34.1 Å². The summed E-state index contributed by atoms with van der Waals surface area (Å²) < 4.78 is 10.7. The first-order valence-electron chi connectivity index (χ1n) is 10.4. The molecule has 3 amide bonds. The minimum absolute atomic E-state index is 0.0587. The van der Waals surface area contributed by atoms with Crippen LogP contribution >= 0.6 is 15.9 Å². The molecule has 0 aromatic heterocycles. The van der Waals surface area contributed by atoms with Crippen molar-refractivity contribution in [3.05, 3.63) is 64.1 Å². The van der Waals surface area contributed by atoms with Gasteiger partial charge < -0.3 is 14.8 Å². The maximum atomic E-state index is 12.3. The number of ether oxygens (including phenoxy) is 2.